The van der Waals surface area contributed by atoms with Gasteiger partial charge in [0, 0.05) is 5.56 Å². The molecular formula is C13H16ClF4NO2. The number of hydrogen-bond donors (Lipinski definition) is 2. The van der Waals surface area contributed by atoms with Gasteiger partial charge in [-0.3, -0.25) is 0 Å². The molecule has 1 fully saturated rings. The summed E-state index contributed by atoms with van der Waals surface area (Å²) >= 11 is 0. The topological polar surface area (TPSA) is 55.5 Å². The SMILES string of the molecule is Cl.N[C@@H](c1ccccc1OC(F)(F)C(F)F)[C@H](O)C1CC1. The van der Waals surface area contributed by atoms with Gasteiger partial charge >= 0.3 is 12.5 Å². The number of aliphatic hydroxyl groups is 1. The summed E-state index contributed by atoms with van der Waals surface area (Å²) in [6.45, 7) is 0. The van der Waals surface area contributed by atoms with Crippen LogP contribution in [0.15, 0.2) is 24.3 Å². The minimum absolute atomic E-state index is 0. The zero-order valence-electron chi connectivity index (χ0n) is 10.9. The molecule has 0 amide bonds. The highest BCUT2D eigenvalue weighted by molar-refractivity contribution is 5.85. The summed E-state index contributed by atoms with van der Waals surface area (Å²) in [5.41, 5.74) is 5.90. The predicted molar refractivity (Wildman–Crippen MR) is 70.9 cm³/mol. The van der Waals surface area contributed by atoms with Gasteiger partial charge in [-0.15, -0.1) is 12.4 Å². The van der Waals surface area contributed by atoms with E-state index < -0.39 is 30.4 Å². The number of hydrogen-bond acceptors (Lipinski definition) is 3. The Hall–Kier alpha value is -1.05. The van der Waals surface area contributed by atoms with Gasteiger partial charge in [0.05, 0.1) is 12.1 Å². The van der Waals surface area contributed by atoms with Crippen LogP contribution in [-0.2, 0) is 0 Å². The lowest BCUT2D eigenvalue weighted by atomic mass is 9.98. The van der Waals surface area contributed by atoms with Crippen LogP contribution in [0.5, 0.6) is 5.75 Å². The average Bonchev–Trinajstić information content (AvgIpc) is 3.21. The molecule has 0 radical (unpaired) electrons. The molecule has 8 heteroatoms. The van der Waals surface area contributed by atoms with E-state index in [1.807, 2.05) is 0 Å². The third kappa shape index (κ3) is 4.21. The summed E-state index contributed by atoms with van der Waals surface area (Å²) in [7, 11) is 0. The van der Waals surface area contributed by atoms with Crippen molar-refractivity contribution in [3.63, 3.8) is 0 Å². The van der Waals surface area contributed by atoms with E-state index in [4.69, 9.17) is 5.73 Å². The molecule has 3 nitrogen and oxygen atoms in total. The first kappa shape index (κ1) is 18.0. The van der Waals surface area contributed by atoms with Crippen LogP contribution < -0.4 is 10.5 Å². The third-order valence-corrected chi connectivity index (χ3v) is 3.25. The zero-order valence-corrected chi connectivity index (χ0v) is 11.7. The number of halogens is 5. The van der Waals surface area contributed by atoms with Crippen molar-refractivity contribution in [3.05, 3.63) is 29.8 Å². The molecule has 2 rings (SSSR count). The second-order valence-corrected chi connectivity index (χ2v) is 4.86. The minimum atomic E-state index is -4.60. The first-order valence-electron chi connectivity index (χ1n) is 6.20. The quantitative estimate of drug-likeness (QED) is 0.788. The predicted octanol–water partition coefficient (Wildman–Crippen LogP) is 3.12. The number of ether oxygens (including phenoxy) is 1. The lowest BCUT2D eigenvalue weighted by Gasteiger charge is -2.24. The molecule has 1 saturated carbocycles. The monoisotopic (exact) mass is 329 g/mol. The molecule has 21 heavy (non-hydrogen) atoms. The van der Waals surface area contributed by atoms with Crippen LogP contribution in [-0.4, -0.2) is 23.7 Å². The van der Waals surface area contributed by atoms with Crippen LogP contribution in [0.3, 0.4) is 0 Å². The molecule has 0 bridgehead atoms. The molecule has 1 aromatic carbocycles. The minimum Gasteiger partial charge on any atom is -0.428 e. The Morgan fingerprint density at radius 3 is 2.33 bits per heavy atom. The molecule has 0 aliphatic heterocycles. The number of benzene rings is 1. The van der Waals surface area contributed by atoms with Gasteiger partial charge in [0.25, 0.3) is 0 Å². The molecule has 120 valence electrons. The first-order valence-corrected chi connectivity index (χ1v) is 6.20. The molecule has 1 aliphatic rings. The van der Waals surface area contributed by atoms with E-state index >= 15 is 0 Å². The highest BCUT2D eigenvalue weighted by Gasteiger charge is 2.45. The molecule has 0 unspecified atom stereocenters. The van der Waals surface area contributed by atoms with Gasteiger partial charge in [-0.2, -0.15) is 17.6 Å². The molecule has 1 aliphatic carbocycles. The number of aliphatic hydroxyl groups excluding tert-OH is 1. The maximum absolute atomic E-state index is 13.0. The van der Waals surface area contributed by atoms with Gasteiger partial charge in [0.15, 0.2) is 0 Å². The van der Waals surface area contributed by atoms with E-state index in [-0.39, 0.29) is 23.9 Å². The van der Waals surface area contributed by atoms with Crippen molar-refractivity contribution in [2.45, 2.75) is 37.5 Å². The second kappa shape index (κ2) is 6.81. The van der Waals surface area contributed by atoms with Gasteiger partial charge in [-0.25, -0.2) is 0 Å². The maximum Gasteiger partial charge on any atom is 0.461 e. The standard InChI is InChI=1S/C13H15F4NO2.ClH/c14-12(15)13(16,17)20-9-4-2-1-3-8(9)10(18)11(19)7-5-6-7;/h1-4,7,10-12,19H,5-6,18H2;1H/t10-,11+;/m0./s1. The Morgan fingerprint density at radius 1 is 1.24 bits per heavy atom. The van der Waals surface area contributed by atoms with Crippen molar-refractivity contribution < 1.29 is 27.4 Å². The molecule has 0 saturated heterocycles. The van der Waals surface area contributed by atoms with E-state index in [1.54, 1.807) is 0 Å². The lowest BCUT2D eigenvalue weighted by Crippen LogP contribution is -2.35. The average molecular weight is 330 g/mol. The van der Waals surface area contributed by atoms with Gasteiger partial charge < -0.3 is 15.6 Å². The molecular weight excluding hydrogens is 314 g/mol. The number of alkyl halides is 4. The van der Waals surface area contributed by atoms with Crippen LogP contribution in [0.4, 0.5) is 17.6 Å². The number of rotatable bonds is 6. The summed E-state index contributed by atoms with van der Waals surface area (Å²) in [5, 5.41) is 9.93. The molecule has 0 heterocycles. The summed E-state index contributed by atoms with van der Waals surface area (Å²) in [5.74, 6) is -0.418. The van der Waals surface area contributed by atoms with Crippen molar-refractivity contribution in [1.82, 2.24) is 0 Å². The number of para-hydroxylation sites is 1. The summed E-state index contributed by atoms with van der Waals surface area (Å²) < 4.78 is 54.4. The van der Waals surface area contributed by atoms with Gasteiger partial charge in [0.2, 0.25) is 0 Å². The zero-order chi connectivity index (χ0) is 14.9. The van der Waals surface area contributed by atoms with Crippen molar-refractivity contribution in [3.8, 4) is 5.75 Å². The van der Waals surface area contributed by atoms with Crippen molar-refractivity contribution in [2.24, 2.45) is 11.7 Å². The highest BCUT2D eigenvalue weighted by atomic mass is 35.5. The van der Waals surface area contributed by atoms with Crippen molar-refractivity contribution in [1.29, 1.82) is 0 Å². The van der Waals surface area contributed by atoms with E-state index in [0.29, 0.717) is 0 Å². The van der Waals surface area contributed by atoms with Crippen LogP contribution in [0.2, 0.25) is 0 Å². The van der Waals surface area contributed by atoms with Crippen LogP contribution in [0.25, 0.3) is 0 Å². The van der Waals surface area contributed by atoms with E-state index in [0.717, 1.165) is 18.9 Å². The Labute approximate surface area is 125 Å². The van der Waals surface area contributed by atoms with Crippen molar-refractivity contribution >= 4 is 12.4 Å². The van der Waals surface area contributed by atoms with Gasteiger partial charge in [0.1, 0.15) is 5.75 Å². The molecule has 1 aromatic rings. The highest BCUT2D eigenvalue weighted by Crippen LogP contribution is 2.40. The Kier molecular flexibility index (Phi) is 5.83. The smallest absolute Gasteiger partial charge is 0.428 e. The molecule has 3 N–H and O–H groups in total. The van der Waals surface area contributed by atoms with E-state index in [1.165, 1.54) is 18.2 Å². The first-order chi connectivity index (χ1) is 9.33. The van der Waals surface area contributed by atoms with Crippen molar-refractivity contribution in [2.75, 3.05) is 0 Å². The normalized spacial score (nSPS) is 18.0. The number of nitrogens with two attached hydrogens (primary N) is 1. The summed E-state index contributed by atoms with van der Waals surface area (Å²) in [4.78, 5) is 0. The van der Waals surface area contributed by atoms with Crippen LogP contribution in [0, 0.1) is 5.92 Å². The van der Waals surface area contributed by atoms with Crippen LogP contribution in [0.1, 0.15) is 24.4 Å². The summed E-state index contributed by atoms with van der Waals surface area (Å²) in [6.07, 6.45) is -7.82. The molecule has 0 spiro atoms. The fourth-order valence-electron chi connectivity index (χ4n) is 1.95. The largest absolute Gasteiger partial charge is 0.461 e. The van der Waals surface area contributed by atoms with Gasteiger partial charge in [-0.1, -0.05) is 18.2 Å². The summed E-state index contributed by atoms with van der Waals surface area (Å²) in [6, 6.07) is 4.45. The third-order valence-electron chi connectivity index (χ3n) is 3.25. The Bertz CT molecular complexity index is 471. The molecule has 2 atom stereocenters. The molecule has 0 aromatic heterocycles. The second-order valence-electron chi connectivity index (χ2n) is 4.86. The van der Waals surface area contributed by atoms with E-state index in [2.05, 4.69) is 4.74 Å². The fraction of sp³-hybridized carbons (Fsp3) is 0.538. The van der Waals surface area contributed by atoms with Gasteiger partial charge in [-0.05, 0) is 24.8 Å². The maximum atomic E-state index is 13.0. The lowest BCUT2D eigenvalue weighted by molar-refractivity contribution is -0.253. The van der Waals surface area contributed by atoms with E-state index in [9.17, 15) is 22.7 Å². The van der Waals surface area contributed by atoms with Crippen LogP contribution >= 0.6 is 12.4 Å². The Morgan fingerprint density at radius 2 is 1.81 bits per heavy atom. The fourth-order valence-corrected chi connectivity index (χ4v) is 1.95. The Balaban J connectivity index is 0.00000220.